The van der Waals surface area contributed by atoms with Crippen LogP contribution in [-0.2, 0) is 14.3 Å². The zero-order chi connectivity index (χ0) is 19.3. The first-order valence-corrected chi connectivity index (χ1v) is 8.44. The quantitative estimate of drug-likeness (QED) is 0.609. The van der Waals surface area contributed by atoms with Crippen LogP contribution in [0.1, 0.15) is 44.5 Å². The third kappa shape index (κ3) is 5.34. The number of ketones is 1. The monoisotopic (exact) mass is 360 g/mol. The fourth-order valence-corrected chi connectivity index (χ4v) is 2.38. The highest BCUT2D eigenvalue weighted by molar-refractivity contribution is 6.10. The van der Waals surface area contributed by atoms with Gasteiger partial charge in [0, 0.05) is 29.2 Å². The van der Waals surface area contributed by atoms with Gasteiger partial charge in [-0.1, -0.05) is 18.2 Å². The van der Waals surface area contributed by atoms with Crippen molar-refractivity contribution in [3.8, 4) is 0 Å². The van der Waals surface area contributed by atoms with E-state index in [1.807, 2.05) is 24.3 Å². The number of rotatable bonds is 6. The highest BCUT2D eigenvalue weighted by atomic mass is 16.6. The molecular weight excluding hydrogens is 336 g/mol. The van der Waals surface area contributed by atoms with Crippen molar-refractivity contribution in [1.29, 1.82) is 0 Å². The fraction of sp³-hybridized carbons (Fsp3) is 0.421. The lowest BCUT2D eigenvalue weighted by Gasteiger charge is -2.19. The third-order valence-corrected chi connectivity index (χ3v) is 3.53. The molecule has 7 heteroatoms. The molecule has 0 spiro atoms. The average Bonchev–Trinajstić information content (AvgIpc) is 2.96. The van der Waals surface area contributed by atoms with E-state index in [1.54, 1.807) is 27.0 Å². The summed E-state index contributed by atoms with van der Waals surface area (Å²) >= 11 is 0. The molecule has 1 heterocycles. The maximum atomic E-state index is 12.5. The summed E-state index contributed by atoms with van der Waals surface area (Å²) in [7, 11) is 0. The number of hydrogen-bond acceptors (Lipinski definition) is 5. The molecule has 0 aliphatic heterocycles. The summed E-state index contributed by atoms with van der Waals surface area (Å²) in [5.74, 6) is -0.849. The summed E-state index contributed by atoms with van der Waals surface area (Å²) in [6.45, 7) is 6.85. The molecule has 0 saturated carbocycles. The second-order valence-electron chi connectivity index (χ2n) is 6.92. The molecule has 7 nitrogen and oxygen atoms in total. The predicted octanol–water partition coefficient (Wildman–Crippen LogP) is 3.20. The standard InChI is InChI=1S/C19H24N2O5/c1-12(17(23)14-11-21-15-8-6-5-7-13(14)15)25-16(22)9-10-20-18(24)26-19(2,3)4/h5-8,11-12,21H,9-10H2,1-4H3,(H,20,24)/t12-/m0/s1. The van der Waals surface area contributed by atoms with E-state index < -0.39 is 23.8 Å². The topological polar surface area (TPSA) is 97.5 Å². The van der Waals surface area contributed by atoms with Crippen LogP contribution < -0.4 is 5.32 Å². The van der Waals surface area contributed by atoms with Crippen LogP contribution in [0.25, 0.3) is 10.9 Å². The van der Waals surface area contributed by atoms with Gasteiger partial charge in [-0.2, -0.15) is 0 Å². The normalized spacial score (nSPS) is 12.5. The van der Waals surface area contributed by atoms with Crippen molar-refractivity contribution in [2.45, 2.75) is 45.8 Å². The van der Waals surface area contributed by atoms with E-state index in [1.165, 1.54) is 6.92 Å². The smallest absolute Gasteiger partial charge is 0.407 e. The molecule has 0 aliphatic carbocycles. The van der Waals surface area contributed by atoms with E-state index in [-0.39, 0.29) is 18.7 Å². The summed E-state index contributed by atoms with van der Waals surface area (Å²) in [5, 5.41) is 3.26. The molecule has 0 bridgehead atoms. The van der Waals surface area contributed by atoms with Crippen molar-refractivity contribution in [3.05, 3.63) is 36.0 Å². The van der Waals surface area contributed by atoms with Gasteiger partial charge < -0.3 is 19.8 Å². The number of carbonyl (C=O) groups excluding carboxylic acids is 3. The van der Waals surface area contributed by atoms with E-state index >= 15 is 0 Å². The van der Waals surface area contributed by atoms with Gasteiger partial charge in [-0.25, -0.2) is 4.79 Å². The number of para-hydroxylation sites is 1. The van der Waals surface area contributed by atoms with Gasteiger partial charge in [0.05, 0.1) is 6.42 Å². The number of amides is 1. The Morgan fingerprint density at radius 2 is 1.88 bits per heavy atom. The SMILES string of the molecule is C[C@H](OC(=O)CCNC(=O)OC(C)(C)C)C(=O)c1c[nH]c2ccccc12. The van der Waals surface area contributed by atoms with Crippen LogP contribution in [0.3, 0.4) is 0 Å². The highest BCUT2D eigenvalue weighted by Crippen LogP contribution is 2.20. The van der Waals surface area contributed by atoms with Gasteiger partial charge in [0.1, 0.15) is 5.60 Å². The molecule has 0 radical (unpaired) electrons. The minimum Gasteiger partial charge on any atom is -0.454 e. The summed E-state index contributed by atoms with van der Waals surface area (Å²) in [6.07, 6.45) is 0.0445. The predicted molar refractivity (Wildman–Crippen MR) is 97.0 cm³/mol. The molecule has 0 fully saturated rings. The van der Waals surface area contributed by atoms with Crippen LogP contribution in [0, 0.1) is 0 Å². The molecule has 2 rings (SSSR count). The molecule has 26 heavy (non-hydrogen) atoms. The van der Waals surface area contributed by atoms with E-state index in [2.05, 4.69) is 10.3 Å². The van der Waals surface area contributed by atoms with Crippen LogP contribution in [0.4, 0.5) is 4.79 Å². The Morgan fingerprint density at radius 3 is 2.58 bits per heavy atom. The zero-order valence-corrected chi connectivity index (χ0v) is 15.4. The van der Waals surface area contributed by atoms with Crippen LogP contribution >= 0.6 is 0 Å². The number of H-pyrrole nitrogens is 1. The van der Waals surface area contributed by atoms with Crippen LogP contribution in [0.15, 0.2) is 30.5 Å². The number of benzene rings is 1. The number of fused-ring (bicyclic) bond motifs is 1. The van der Waals surface area contributed by atoms with Gasteiger partial charge in [0.2, 0.25) is 5.78 Å². The molecule has 0 aliphatic rings. The Bertz CT molecular complexity index is 804. The van der Waals surface area contributed by atoms with Crippen molar-refractivity contribution < 1.29 is 23.9 Å². The van der Waals surface area contributed by atoms with Gasteiger partial charge in [0.15, 0.2) is 6.10 Å². The number of aromatic nitrogens is 1. The highest BCUT2D eigenvalue weighted by Gasteiger charge is 2.22. The molecule has 1 aromatic heterocycles. The number of carbonyl (C=O) groups is 3. The number of alkyl carbamates (subject to hydrolysis) is 1. The fourth-order valence-electron chi connectivity index (χ4n) is 2.38. The number of Topliss-reactive ketones (excluding diaryl/α,β-unsaturated/α-hetero) is 1. The third-order valence-electron chi connectivity index (χ3n) is 3.53. The first-order chi connectivity index (χ1) is 12.2. The summed E-state index contributed by atoms with van der Waals surface area (Å²) in [5.41, 5.74) is 0.717. The molecule has 1 atom stereocenters. The molecule has 0 saturated heterocycles. The zero-order valence-electron chi connectivity index (χ0n) is 15.4. The number of esters is 1. The molecular formula is C19H24N2O5. The minimum atomic E-state index is -0.914. The summed E-state index contributed by atoms with van der Waals surface area (Å²) in [4.78, 5) is 38.9. The van der Waals surface area contributed by atoms with E-state index in [4.69, 9.17) is 9.47 Å². The first-order valence-electron chi connectivity index (χ1n) is 8.44. The Balaban J connectivity index is 1.83. The molecule has 2 aromatic rings. The minimum absolute atomic E-state index is 0.0508. The number of hydrogen-bond donors (Lipinski definition) is 2. The second kappa shape index (κ2) is 8.03. The second-order valence-corrected chi connectivity index (χ2v) is 6.92. The van der Waals surface area contributed by atoms with Crippen molar-refractivity contribution in [2.24, 2.45) is 0 Å². The molecule has 1 aromatic carbocycles. The molecule has 2 N–H and O–H groups in total. The molecule has 140 valence electrons. The van der Waals surface area contributed by atoms with E-state index in [0.29, 0.717) is 5.56 Å². The van der Waals surface area contributed by atoms with Gasteiger partial charge >= 0.3 is 12.1 Å². The Kier molecular flexibility index (Phi) is 6.02. The van der Waals surface area contributed by atoms with Crippen molar-refractivity contribution >= 4 is 28.7 Å². The number of aromatic amines is 1. The number of ether oxygens (including phenoxy) is 2. The lowest BCUT2D eigenvalue weighted by atomic mass is 10.1. The van der Waals surface area contributed by atoms with Crippen LogP contribution in [0.2, 0.25) is 0 Å². The summed E-state index contributed by atoms with van der Waals surface area (Å²) < 4.78 is 10.2. The maximum Gasteiger partial charge on any atom is 0.407 e. The Labute approximate surface area is 152 Å². The first kappa shape index (κ1) is 19.5. The van der Waals surface area contributed by atoms with Gasteiger partial charge in [-0.15, -0.1) is 0 Å². The largest absolute Gasteiger partial charge is 0.454 e. The van der Waals surface area contributed by atoms with Crippen molar-refractivity contribution in [1.82, 2.24) is 10.3 Å². The van der Waals surface area contributed by atoms with Gasteiger partial charge in [0.25, 0.3) is 0 Å². The van der Waals surface area contributed by atoms with Gasteiger partial charge in [-0.05, 0) is 33.8 Å². The summed E-state index contributed by atoms with van der Waals surface area (Å²) in [6, 6.07) is 7.41. The number of nitrogens with one attached hydrogen (secondary N) is 2. The van der Waals surface area contributed by atoms with Crippen LogP contribution in [0.5, 0.6) is 0 Å². The molecule has 1 amide bonds. The van der Waals surface area contributed by atoms with Crippen molar-refractivity contribution in [3.63, 3.8) is 0 Å². The Morgan fingerprint density at radius 1 is 1.19 bits per heavy atom. The van der Waals surface area contributed by atoms with E-state index in [9.17, 15) is 14.4 Å². The van der Waals surface area contributed by atoms with Gasteiger partial charge in [-0.3, -0.25) is 9.59 Å². The average molecular weight is 360 g/mol. The lowest BCUT2D eigenvalue weighted by molar-refractivity contribution is -0.146. The maximum absolute atomic E-state index is 12.5. The van der Waals surface area contributed by atoms with Crippen LogP contribution in [-0.4, -0.2) is 41.1 Å². The van der Waals surface area contributed by atoms with Crippen molar-refractivity contribution in [2.75, 3.05) is 6.54 Å². The lowest BCUT2D eigenvalue weighted by Crippen LogP contribution is -2.34. The molecule has 0 unspecified atom stereocenters. The van der Waals surface area contributed by atoms with E-state index in [0.717, 1.165) is 10.9 Å². The Hall–Kier alpha value is -2.83.